The Balaban J connectivity index is 0.00000441. The predicted octanol–water partition coefficient (Wildman–Crippen LogP) is 0.265. The van der Waals surface area contributed by atoms with E-state index in [4.69, 9.17) is 0 Å². The number of hydrogen-bond acceptors (Lipinski definition) is 4. The first kappa shape index (κ1) is 22.0. The van der Waals surface area contributed by atoms with Gasteiger partial charge in [0.05, 0.1) is 13.3 Å². The molecule has 2 unspecified atom stereocenters. The zero-order valence-corrected chi connectivity index (χ0v) is 16.9. The fraction of sp³-hybridized carbons (Fsp3) is 0.800. The summed E-state index contributed by atoms with van der Waals surface area (Å²) in [4.78, 5) is 27.6. The second-order valence-electron chi connectivity index (χ2n) is 5.84. The molecule has 2 atom stereocenters. The van der Waals surface area contributed by atoms with E-state index in [0.29, 0.717) is 13.3 Å². The van der Waals surface area contributed by atoms with Crippen LogP contribution < -0.4 is 10.6 Å². The van der Waals surface area contributed by atoms with Crippen molar-refractivity contribution in [3.63, 3.8) is 0 Å². The Hall–Kier alpha value is -0.0361. The van der Waals surface area contributed by atoms with Crippen LogP contribution in [0.1, 0.15) is 27.2 Å². The molecule has 125 valence electrons. The van der Waals surface area contributed by atoms with Crippen LogP contribution in [0.3, 0.4) is 0 Å². The molecular formula is C15H29N4O2Y-. The molecule has 6 nitrogen and oxygen atoms in total. The number of amides is 2. The van der Waals surface area contributed by atoms with Crippen LogP contribution in [-0.2, 0) is 42.3 Å². The predicted molar refractivity (Wildman–Crippen MR) is 83.1 cm³/mol. The van der Waals surface area contributed by atoms with Gasteiger partial charge in [-0.3, -0.25) is 19.4 Å². The monoisotopic (exact) mass is 386 g/mol. The van der Waals surface area contributed by atoms with Crippen molar-refractivity contribution in [2.24, 2.45) is 11.8 Å². The Morgan fingerprint density at radius 1 is 1.00 bits per heavy atom. The van der Waals surface area contributed by atoms with Crippen LogP contribution in [0.2, 0.25) is 0 Å². The molecule has 0 aliphatic carbocycles. The SMILES string of the molecule is [CH2-]C(C)C(=O)NCN1CCN(CNC(=O)C(C)CC)CC1.[Y]. The summed E-state index contributed by atoms with van der Waals surface area (Å²) in [6.45, 7) is 14.2. The molecule has 2 amide bonds. The molecule has 1 radical (unpaired) electrons. The number of nitrogens with zero attached hydrogens (tertiary/aromatic N) is 2. The zero-order valence-electron chi connectivity index (χ0n) is 14.1. The van der Waals surface area contributed by atoms with Crippen molar-refractivity contribution in [1.29, 1.82) is 0 Å². The first-order valence-electron chi connectivity index (χ1n) is 7.77. The van der Waals surface area contributed by atoms with Crippen molar-refractivity contribution >= 4 is 11.8 Å². The summed E-state index contributed by atoms with van der Waals surface area (Å²) in [5.74, 6) is -0.0388. The van der Waals surface area contributed by atoms with Crippen molar-refractivity contribution in [3.05, 3.63) is 6.92 Å². The molecule has 0 aromatic rings. The van der Waals surface area contributed by atoms with E-state index in [1.54, 1.807) is 6.92 Å². The molecule has 7 heteroatoms. The van der Waals surface area contributed by atoms with Crippen molar-refractivity contribution in [2.45, 2.75) is 27.2 Å². The van der Waals surface area contributed by atoms with Gasteiger partial charge in [-0.2, -0.15) is 0 Å². The third kappa shape index (κ3) is 8.00. The maximum absolute atomic E-state index is 11.7. The molecule has 22 heavy (non-hydrogen) atoms. The molecule has 2 N–H and O–H groups in total. The third-order valence-corrected chi connectivity index (χ3v) is 3.93. The summed E-state index contributed by atoms with van der Waals surface area (Å²) >= 11 is 0. The minimum absolute atomic E-state index is 0. The molecule has 0 aromatic carbocycles. The van der Waals surface area contributed by atoms with Gasteiger partial charge in [0.1, 0.15) is 0 Å². The second-order valence-corrected chi connectivity index (χ2v) is 5.84. The van der Waals surface area contributed by atoms with Gasteiger partial charge in [0.2, 0.25) is 5.91 Å². The van der Waals surface area contributed by atoms with Gasteiger partial charge in [0, 0.05) is 64.8 Å². The molecule has 1 aliphatic heterocycles. The Morgan fingerprint density at radius 2 is 1.41 bits per heavy atom. The number of carbonyl (C=O) groups excluding carboxylic acids is 2. The van der Waals surface area contributed by atoms with Gasteiger partial charge in [-0.25, -0.2) is 0 Å². The third-order valence-electron chi connectivity index (χ3n) is 3.93. The van der Waals surface area contributed by atoms with E-state index >= 15 is 0 Å². The second kappa shape index (κ2) is 11.5. The molecule has 1 saturated heterocycles. The zero-order chi connectivity index (χ0) is 15.8. The van der Waals surface area contributed by atoms with Gasteiger partial charge < -0.3 is 17.6 Å². The van der Waals surface area contributed by atoms with Gasteiger partial charge in [-0.05, 0) is 6.42 Å². The smallest absolute Gasteiger partial charge is 0.223 e. The van der Waals surface area contributed by atoms with Crippen LogP contribution >= 0.6 is 0 Å². The van der Waals surface area contributed by atoms with E-state index in [0.717, 1.165) is 32.6 Å². The fourth-order valence-electron chi connectivity index (χ4n) is 2.02. The maximum atomic E-state index is 11.7. The molecule has 0 saturated carbocycles. The Bertz CT molecular complexity index is 344. The number of piperazine rings is 1. The first-order chi connectivity index (χ1) is 9.93. The summed E-state index contributed by atoms with van der Waals surface area (Å²) in [5, 5.41) is 5.85. The normalized spacial score (nSPS) is 18.9. The van der Waals surface area contributed by atoms with E-state index in [9.17, 15) is 9.59 Å². The molecule has 0 aromatic heterocycles. The van der Waals surface area contributed by atoms with Crippen LogP contribution in [-0.4, -0.2) is 61.1 Å². The minimum Gasteiger partial charge on any atom is -0.345 e. The van der Waals surface area contributed by atoms with Crippen LogP contribution in [0.5, 0.6) is 0 Å². The minimum atomic E-state index is -0.220. The van der Waals surface area contributed by atoms with Gasteiger partial charge >= 0.3 is 0 Å². The standard InChI is InChI=1S/C15H29N4O2.Y/c1-5-13(4)15(21)17-11-19-8-6-18(7-9-19)10-16-14(20)12(2)3;/h12-13H,2,5-11H2,1,3-4H3,(H,16,20)(H,17,21);/q-1;. The van der Waals surface area contributed by atoms with E-state index in [2.05, 4.69) is 27.4 Å². The van der Waals surface area contributed by atoms with Crippen LogP contribution in [0, 0.1) is 18.8 Å². The topological polar surface area (TPSA) is 64.7 Å². The Labute approximate surface area is 159 Å². The summed E-state index contributed by atoms with van der Waals surface area (Å²) in [6, 6.07) is 0. The van der Waals surface area contributed by atoms with Crippen LogP contribution in [0.15, 0.2) is 0 Å². The average molecular weight is 386 g/mol. The molecule has 1 fully saturated rings. The van der Waals surface area contributed by atoms with E-state index in [-0.39, 0.29) is 56.4 Å². The Morgan fingerprint density at radius 3 is 1.77 bits per heavy atom. The van der Waals surface area contributed by atoms with Gasteiger partial charge in [0.25, 0.3) is 0 Å². The van der Waals surface area contributed by atoms with E-state index < -0.39 is 0 Å². The molecule has 1 rings (SSSR count). The van der Waals surface area contributed by atoms with Crippen molar-refractivity contribution in [3.8, 4) is 0 Å². The van der Waals surface area contributed by atoms with Crippen molar-refractivity contribution < 1.29 is 42.3 Å². The van der Waals surface area contributed by atoms with Crippen LogP contribution in [0.25, 0.3) is 0 Å². The van der Waals surface area contributed by atoms with Gasteiger partial charge in [-0.15, -0.1) is 0 Å². The Kier molecular flexibility index (Phi) is 11.5. The molecule has 0 spiro atoms. The van der Waals surface area contributed by atoms with Gasteiger partial charge in [0.15, 0.2) is 5.91 Å². The molecule has 0 bridgehead atoms. The van der Waals surface area contributed by atoms with Crippen molar-refractivity contribution in [1.82, 2.24) is 20.4 Å². The number of rotatable bonds is 7. The summed E-state index contributed by atoms with van der Waals surface area (Å²) in [6.07, 6.45) is 0.865. The number of nitrogens with one attached hydrogen (secondary N) is 2. The summed E-state index contributed by atoms with van der Waals surface area (Å²) in [7, 11) is 0. The van der Waals surface area contributed by atoms with Crippen LogP contribution in [0.4, 0.5) is 0 Å². The number of hydrogen-bond donors (Lipinski definition) is 2. The average Bonchev–Trinajstić information content (AvgIpc) is 2.50. The van der Waals surface area contributed by atoms with E-state index in [1.165, 1.54) is 0 Å². The van der Waals surface area contributed by atoms with Crippen molar-refractivity contribution in [2.75, 3.05) is 39.5 Å². The quantitative estimate of drug-likeness (QED) is 0.617. The van der Waals surface area contributed by atoms with E-state index in [1.807, 2.05) is 13.8 Å². The summed E-state index contributed by atoms with van der Waals surface area (Å²) in [5.41, 5.74) is 0. The molecule has 1 aliphatic rings. The molecule has 1 heterocycles. The largest absolute Gasteiger partial charge is 0.345 e. The van der Waals surface area contributed by atoms with Gasteiger partial charge in [-0.1, -0.05) is 26.7 Å². The number of carbonyl (C=O) groups is 2. The fourth-order valence-corrected chi connectivity index (χ4v) is 2.02. The summed E-state index contributed by atoms with van der Waals surface area (Å²) < 4.78 is 0. The maximum Gasteiger partial charge on any atom is 0.223 e. The molecular weight excluding hydrogens is 357 g/mol. The first-order valence-corrected chi connectivity index (χ1v) is 7.77.